The highest BCUT2D eigenvalue weighted by Crippen LogP contribution is 2.20. The second-order valence-electron chi connectivity index (χ2n) is 5.20. The SMILES string of the molecule is CC(=O)Nc1nnc(S(=O)(=O)NC(C)COc2ccc(C)cc2)s1. The topological polar surface area (TPSA) is 110 Å². The van der Waals surface area contributed by atoms with Gasteiger partial charge in [0.2, 0.25) is 15.4 Å². The third-order valence-corrected chi connectivity index (χ3v) is 5.59. The number of carbonyl (C=O) groups excluding carboxylic acids is 1. The van der Waals surface area contributed by atoms with Gasteiger partial charge in [0.05, 0.1) is 6.04 Å². The van der Waals surface area contributed by atoms with Crippen molar-refractivity contribution >= 4 is 32.4 Å². The van der Waals surface area contributed by atoms with Crippen molar-refractivity contribution in [2.75, 3.05) is 11.9 Å². The lowest BCUT2D eigenvalue weighted by molar-refractivity contribution is -0.114. The average molecular weight is 370 g/mol. The molecule has 1 amide bonds. The molecule has 0 bridgehead atoms. The number of anilines is 1. The minimum absolute atomic E-state index is 0.131. The first-order chi connectivity index (χ1) is 11.3. The summed E-state index contributed by atoms with van der Waals surface area (Å²) in [5.74, 6) is 0.318. The van der Waals surface area contributed by atoms with Crippen LogP contribution in [0.1, 0.15) is 19.4 Å². The van der Waals surface area contributed by atoms with Crippen LogP contribution in [0, 0.1) is 6.92 Å². The van der Waals surface area contributed by atoms with Crippen LogP contribution in [-0.4, -0.2) is 37.2 Å². The predicted molar refractivity (Wildman–Crippen MR) is 90.7 cm³/mol. The van der Waals surface area contributed by atoms with Crippen molar-refractivity contribution in [3.8, 4) is 5.75 Å². The number of ether oxygens (including phenoxy) is 1. The highest BCUT2D eigenvalue weighted by molar-refractivity contribution is 7.91. The van der Waals surface area contributed by atoms with Crippen LogP contribution in [0.4, 0.5) is 5.13 Å². The minimum atomic E-state index is -3.82. The number of hydrogen-bond donors (Lipinski definition) is 2. The molecule has 0 aliphatic rings. The van der Waals surface area contributed by atoms with E-state index in [0.717, 1.165) is 16.9 Å². The number of amides is 1. The molecule has 130 valence electrons. The van der Waals surface area contributed by atoms with Crippen LogP contribution < -0.4 is 14.8 Å². The van der Waals surface area contributed by atoms with E-state index < -0.39 is 16.1 Å². The first-order valence-corrected chi connectivity index (χ1v) is 9.39. The highest BCUT2D eigenvalue weighted by Gasteiger charge is 2.23. The van der Waals surface area contributed by atoms with E-state index in [1.54, 1.807) is 6.92 Å². The molecule has 2 N–H and O–H groups in total. The van der Waals surface area contributed by atoms with Crippen LogP contribution in [0.15, 0.2) is 28.6 Å². The zero-order valence-corrected chi connectivity index (χ0v) is 15.1. The van der Waals surface area contributed by atoms with Gasteiger partial charge in [-0.25, -0.2) is 13.1 Å². The zero-order valence-electron chi connectivity index (χ0n) is 13.4. The molecule has 0 aliphatic carbocycles. The third kappa shape index (κ3) is 5.25. The maximum absolute atomic E-state index is 12.2. The van der Waals surface area contributed by atoms with Gasteiger partial charge in [-0.15, -0.1) is 10.2 Å². The Morgan fingerprint density at radius 3 is 2.58 bits per heavy atom. The average Bonchev–Trinajstić information content (AvgIpc) is 2.95. The van der Waals surface area contributed by atoms with Crippen molar-refractivity contribution in [3.63, 3.8) is 0 Å². The Bertz CT molecular complexity index is 802. The molecule has 0 spiro atoms. The van der Waals surface area contributed by atoms with E-state index in [4.69, 9.17) is 4.74 Å². The summed E-state index contributed by atoms with van der Waals surface area (Å²) in [6, 6.07) is 7.00. The summed E-state index contributed by atoms with van der Waals surface area (Å²) in [5, 5.41) is 9.72. The molecule has 24 heavy (non-hydrogen) atoms. The molecule has 1 aromatic heterocycles. The third-order valence-electron chi connectivity index (χ3n) is 2.80. The van der Waals surface area contributed by atoms with Gasteiger partial charge < -0.3 is 10.1 Å². The van der Waals surface area contributed by atoms with E-state index in [9.17, 15) is 13.2 Å². The fourth-order valence-corrected chi connectivity index (χ4v) is 3.91. The summed E-state index contributed by atoms with van der Waals surface area (Å²) in [6.07, 6.45) is 0. The quantitative estimate of drug-likeness (QED) is 0.716. The van der Waals surface area contributed by atoms with Crippen molar-refractivity contribution in [2.24, 2.45) is 0 Å². The normalized spacial score (nSPS) is 12.6. The minimum Gasteiger partial charge on any atom is -0.492 e. The van der Waals surface area contributed by atoms with E-state index in [1.807, 2.05) is 31.2 Å². The van der Waals surface area contributed by atoms with Crippen LogP contribution in [-0.2, 0) is 14.8 Å². The maximum Gasteiger partial charge on any atom is 0.270 e. The molecule has 2 rings (SSSR count). The Morgan fingerprint density at radius 1 is 1.29 bits per heavy atom. The molecular weight excluding hydrogens is 352 g/mol. The molecule has 0 saturated carbocycles. The number of rotatable bonds is 7. The lowest BCUT2D eigenvalue weighted by Crippen LogP contribution is -2.36. The number of aromatic nitrogens is 2. The lowest BCUT2D eigenvalue weighted by Gasteiger charge is -2.14. The molecule has 0 aliphatic heterocycles. The Labute approximate surface area is 144 Å². The molecule has 0 fully saturated rings. The van der Waals surface area contributed by atoms with E-state index in [1.165, 1.54) is 6.92 Å². The van der Waals surface area contributed by atoms with Gasteiger partial charge in [-0.2, -0.15) is 0 Å². The van der Waals surface area contributed by atoms with E-state index in [-0.39, 0.29) is 22.0 Å². The van der Waals surface area contributed by atoms with Gasteiger partial charge in [0.1, 0.15) is 12.4 Å². The van der Waals surface area contributed by atoms with Crippen LogP contribution in [0.3, 0.4) is 0 Å². The molecule has 1 unspecified atom stereocenters. The molecule has 1 heterocycles. The van der Waals surface area contributed by atoms with Crippen LogP contribution in [0.25, 0.3) is 0 Å². The van der Waals surface area contributed by atoms with Crippen molar-refractivity contribution in [2.45, 2.75) is 31.2 Å². The summed E-state index contributed by atoms with van der Waals surface area (Å²) < 4.78 is 32.2. The van der Waals surface area contributed by atoms with Crippen molar-refractivity contribution in [1.29, 1.82) is 0 Å². The maximum atomic E-state index is 12.2. The first-order valence-electron chi connectivity index (χ1n) is 7.09. The fourth-order valence-electron chi connectivity index (χ4n) is 1.72. The Morgan fingerprint density at radius 2 is 1.96 bits per heavy atom. The monoisotopic (exact) mass is 370 g/mol. The molecule has 0 radical (unpaired) electrons. The second-order valence-corrected chi connectivity index (χ2v) is 8.07. The van der Waals surface area contributed by atoms with Crippen LogP contribution in [0.5, 0.6) is 5.75 Å². The van der Waals surface area contributed by atoms with Crippen molar-refractivity contribution in [1.82, 2.24) is 14.9 Å². The standard InChI is InChI=1S/C14H18N4O4S2/c1-9-4-6-12(7-5-9)22-8-10(2)18-24(20,21)14-17-16-13(23-14)15-11(3)19/h4-7,10,18H,8H2,1-3H3,(H,15,16,19). The molecule has 8 nitrogen and oxygen atoms in total. The number of aryl methyl sites for hydroxylation is 1. The summed E-state index contributed by atoms with van der Waals surface area (Å²) in [4.78, 5) is 10.9. The Kier molecular flexibility index (Phi) is 5.86. The van der Waals surface area contributed by atoms with Crippen LogP contribution in [0.2, 0.25) is 0 Å². The number of nitrogens with one attached hydrogen (secondary N) is 2. The van der Waals surface area contributed by atoms with E-state index >= 15 is 0 Å². The lowest BCUT2D eigenvalue weighted by atomic mass is 10.2. The molecule has 10 heteroatoms. The number of carbonyl (C=O) groups is 1. The number of sulfonamides is 1. The fraction of sp³-hybridized carbons (Fsp3) is 0.357. The second kappa shape index (κ2) is 7.69. The Hall–Kier alpha value is -2.04. The summed E-state index contributed by atoms with van der Waals surface area (Å²) in [7, 11) is -3.82. The smallest absolute Gasteiger partial charge is 0.270 e. The first kappa shape index (κ1) is 18.3. The van der Waals surface area contributed by atoms with Gasteiger partial charge in [-0.1, -0.05) is 29.0 Å². The van der Waals surface area contributed by atoms with Crippen molar-refractivity contribution in [3.05, 3.63) is 29.8 Å². The van der Waals surface area contributed by atoms with Gasteiger partial charge in [0, 0.05) is 6.92 Å². The van der Waals surface area contributed by atoms with Crippen LogP contribution >= 0.6 is 11.3 Å². The number of hydrogen-bond acceptors (Lipinski definition) is 7. The summed E-state index contributed by atoms with van der Waals surface area (Å²) in [6.45, 7) is 5.12. The highest BCUT2D eigenvalue weighted by atomic mass is 32.2. The van der Waals surface area contributed by atoms with Gasteiger partial charge in [0.25, 0.3) is 10.0 Å². The van der Waals surface area contributed by atoms with E-state index in [2.05, 4.69) is 20.2 Å². The molecule has 2 aromatic rings. The predicted octanol–water partition coefficient (Wildman–Crippen LogP) is 1.55. The summed E-state index contributed by atoms with van der Waals surface area (Å²) >= 11 is 0.781. The van der Waals surface area contributed by atoms with Gasteiger partial charge >= 0.3 is 0 Å². The number of benzene rings is 1. The van der Waals surface area contributed by atoms with Gasteiger partial charge in [-0.3, -0.25) is 4.79 Å². The summed E-state index contributed by atoms with van der Waals surface area (Å²) in [5.41, 5.74) is 1.11. The van der Waals surface area contributed by atoms with Crippen molar-refractivity contribution < 1.29 is 17.9 Å². The van der Waals surface area contributed by atoms with E-state index in [0.29, 0.717) is 5.75 Å². The largest absolute Gasteiger partial charge is 0.492 e. The molecule has 1 atom stereocenters. The molecule has 0 saturated heterocycles. The van der Waals surface area contributed by atoms with Gasteiger partial charge in [0.15, 0.2) is 0 Å². The molecular formula is C14H18N4O4S2. The number of nitrogens with zero attached hydrogens (tertiary/aromatic N) is 2. The molecule has 1 aromatic carbocycles. The van der Waals surface area contributed by atoms with Gasteiger partial charge in [-0.05, 0) is 26.0 Å². The Balaban J connectivity index is 1.94. The zero-order chi connectivity index (χ0) is 17.7.